The fraction of sp³-hybridized carbons (Fsp3) is 0.900. The largest absolute Gasteiger partial charge is 0.379 e. The van der Waals surface area contributed by atoms with Crippen molar-refractivity contribution >= 4 is 47.6 Å². The first-order valence-electron chi connectivity index (χ1n) is 11.0. The third-order valence-corrected chi connectivity index (χ3v) is 7.88. The molecule has 4 heterocycles. The Hall–Kier alpha value is -0.300. The van der Waals surface area contributed by atoms with Crippen molar-refractivity contribution in [3.8, 4) is 0 Å². The number of morpholine rings is 1. The quantitative estimate of drug-likeness (QED) is 0.313. The van der Waals surface area contributed by atoms with Gasteiger partial charge in [0.2, 0.25) is 0 Å². The molecule has 0 spiro atoms. The molecule has 172 valence electrons. The molecule has 4 saturated heterocycles. The molecule has 30 heavy (non-hydrogen) atoms. The van der Waals surface area contributed by atoms with Gasteiger partial charge in [-0.05, 0) is 25.0 Å². The lowest BCUT2D eigenvalue weighted by molar-refractivity contribution is -0.142. The van der Waals surface area contributed by atoms with Gasteiger partial charge in [0.25, 0.3) is 5.91 Å². The van der Waals surface area contributed by atoms with Crippen molar-refractivity contribution in [1.29, 1.82) is 0 Å². The van der Waals surface area contributed by atoms with Gasteiger partial charge < -0.3 is 24.6 Å². The summed E-state index contributed by atoms with van der Waals surface area (Å²) in [6, 6.07) is 0. The Morgan fingerprint density at radius 1 is 1.13 bits per heavy atom. The zero-order valence-electron chi connectivity index (χ0n) is 18.0. The zero-order valence-corrected chi connectivity index (χ0v) is 21.2. The van der Waals surface area contributed by atoms with Crippen LogP contribution in [0.5, 0.6) is 0 Å². The van der Waals surface area contributed by atoms with Crippen LogP contribution in [0.4, 0.5) is 0 Å². The van der Waals surface area contributed by atoms with Crippen molar-refractivity contribution in [2.75, 3.05) is 84.2 Å². The molecule has 2 unspecified atom stereocenters. The van der Waals surface area contributed by atoms with Crippen molar-refractivity contribution < 1.29 is 14.3 Å². The fourth-order valence-electron chi connectivity index (χ4n) is 4.83. The predicted octanol–water partition coefficient (Wildman–Crippen LogP) is 0.711. The summed E-state index contributed by atoms with van der Waals surface area (Å²) in [5.41, 5.74) is 0.196. The monoisotopic (exact) mass is 553 g/mol. The van der Waals surface area contributed by atoms with Crippen molar-refractivity contribution in [1.82, 2.24) is 20.0 Å². The van der Waals surface area contributed by atoms with E-state index in [1.807, 2.05) is 11.9 Å². The Morgan fingerprint density at radius 3 is 2.47 bits per heavy atom. The molecule has 0 aromatic heterocycles. The number of carbonyl (C=O) groups is 1. The number of rotatable bonds is 4. The summed E-state index contributed by atoms with van der Waals surface area (Å²) >= 11 is 2.05. The van der Waals surface area contributed by atoms with Gasteiger partial charge in [-0.2, -0.15) is 11.8 Å². The van der Waals surface area contributed by atoms with Gasteiger partial charge >= 0.3 is 0 Å². The molecular weight excluding hydrogens is 517 g/mol. The van der Waals surface area contributed by atoms with Crippen LogP contribution in [0, 0.1) is 0 Å². The van der Waals surface area contributed by atoms with Crippen molar-refractivity contribution in [2.45, 2.75) is 30.9 Å². The van der Waals surface area contributed by atoms with Crippen molar-refractivity contribution in [3.63, 3.8) is 0 Å². The number of aliphatic imine (C=N–C) groups is 1. The van der Waals surface area contributed by atoms with Gasteiger partial charge in [-0.25, -0.2) is 0 Å². The van der Waals surface area contributed by atoms with E-state index in [1.54, 1.807) is 0 Å². The lowest BCUT2D eigenvalue weighted by Crippen LogP contribution is -2.61. The number of thioether (sulfide) groups is 1. The maximum atomic E-state index is 12.6. The van der Waals surface area contributed by atoms with Gasteiger partial charge in [0, 0.05) is 70.8 Å². The summed E-state index contributed by atoms with van der Waals surface area (Å²) in [7, 11) is 1.86. The Balaban J connectivity index is 0.00000256. The first-order chi connectivity index (χ1) is 14.2. The minimum absolute atomic E-state index is 0. The number of piperazine rings is 1. The molecule has 0 aromatic carbocycles. The summed E-state index contributed by atoms with van der Waals surface area (Å²) in [6.07, 6.45) is 2.86. The van der Waals surface area contributed by atoms with Crippen LogP contribution in [-0.4, -0.2) is 122 Å². The van der Waals surface area contributed by atoms with Crippen LogP contribution in [0.3, 0.4) is 0 Å². The minimum atomic E-state index is -0.216. The standard InChI is InChI=1S/C20H35N5O3S.HI/c1-21-19(22-15-20(4-14-29-16-20)25-9-12-27-13-10-25)24-7-5-23(6-8-24)18(26)17-3-2-11-28-17;/h17H,2-16H2,1H3,(H,21,22);1H. The summed E-state index contributed by atoms with van der Waals surface area (Å²) in [5.74, 6) is 3.51. The number of ether oxygens (including phenoxy) is 2. The van der Waals surface area contributed by atoms with Crippen LogP contribution in [0.2, 0.25) is 0 Å². The van der Waals surface area contributed by atoms with Gasteiger partial charge in [0.15, 0.2) is 5.96 Å². The van der Waals surface area contributed by atoms with E-state index in [0.717, 1.165) is 84.4 Å². The normalized spacial score (nSPS) is 31.0. The molecule has 1 amide bonds. The average Bonchev–Trinajstić information content (AvgIpc) is 3.48. The second kappa shape index (κ2) is 11.5. The Labute approximate surface area is 201 Å². The first kappa shape index (κ1) is 24.3. The molecule has 0 aliphatic carbocycles. The van der Waals surface area contributed by atoms with Gasteiger partial charge in [0.1, 0.15) is 6.10 Å². The molecule has 0 saturated carbocycles. The number of halogens is 1. The molecule has 0 aromatic rings. The smallest absolute Gasteiger partial charge is 0.251 e. The van der Waals surface area contributed by atoms with Crippen LogP contribution in [0.15, 0.2) is 4.99 Å². The van der Waals surface area contributed by atoms with E-state index >= 15 is 0 Å². The lowest BCUT2D eigenvalue weighted by atomic mass is 9.95. The molecule has 4 aliphatic rings. The number of nitrogens with one attached hydrogen (secondary N) is 1. The summed E-state index contributed by atoms with van der Waals surface area (Å²) in [5, 5.41) is 3.67. The van der Waals surface area contributed by atoms with Gasteiger partial charge in [0.05, 0.1) is 13.2 Å². The highest BCUT2D eigenvalue weighted by molar-refractivity contribution is 14.0. The van der Waals surface area contributed by atoms with Crippen molar-refractivity contribution in [3.05, 3.63) is 0 Å². The lowest BCUT2D eigenvalue weighted by Gasteiger charge is -2.44. The summed E-state index contributed by atoms with van der Waals surface area (Å²) in [6.45, 7) is 8.46. The van der Waals surface area contributed by atoms with E-state index in [2.05, 4.69) is 31.9 Å². The average molecular weight is 554 g/mol. The third kappa shape index (κ3) is 5.54. The highest BCUT2D eigenvalue weighted by Crippen LogP contribution is 2.33. The van der Waals surface area contributed by atoms with Gasteiger partial charge in [-0.1, -0.05) is 0 Å². The Bertz CT molecular complexity index is 585. The van der Waals surface area contributed by atoms with Crippen LogP contribution in [-0.2, 0) is 14.3 Å². The highest BCUT2D eigenvalue weighted by Gasteiger charge is 2.41. The molecule has 1 N–H and O–H groups in total. The second-order valence-corrected chi connectivity index (χ2v) is 9.45. The topological polar surface area (TPSA) is 69.6 Å². The van der Waals surface area contributed by atoms with Crippen molar-refractivity contribution in [2.24, 2.45) is 4.99 Å². The van der Waals surface area contributed by atoms with E-state index in [9.17, 15) is 4.79 Å². The molecule has 4 rings (SSSR count). The highest BCUT2D eigenvalue weighted by atomic mass is 127. The molecule has 0 bridgehead atoms. The first-order valence-corrected chi connectivity index (χ1v) is 12.1. The van der Waals surface area contributed by atoms with Crippen LogP contribution >= 0.6 is 35.7 Å². The summed E-state index contributed by atoms with van der Waals surface area (Å²) < 4.78 is 11.1. The molecule has 8 nitrogen and oxygen atoms in total. The Morgan fingerprint density at radius 2 is 1.87 bits per heavy atom. The molecule has 4 aliphatic heterocycles. The fourth-order valence-corrected chi connectivity index (χ4v) is 6.30. The molecule has 10 heteroatoms. The number of guanidine groups is 1. The Kier molecular flexibility index (Phi) is 9.36. The van der Waals surface area contributed by atoms with Crippen LogP contribution < -0.4 is 5.32 Å². The predicted molar refractivity (Wildman–Crippen MR) is 131 cm³/mol. The minimum Gasteiger partial charge on any atom is -0.379 e. The molecule has 2 atom stereocenters. The molecule has 0 radical (unpaired) electrons. The maximum absolute atomic E-state index is 12.6. The van der Waals surface area contributed by atoms with E-state index < -0.39 is 0 Å². The maximum Gasteiger partial charge on any atom is 0.251 e. The van der Waals surface area contributed by atoms with Gasteiger partial charge in [-0.3, -0.25) is 14.7 Å². The number of carbonyl (C=O) groups excluding carboxylic acids is 1. The van der Waals surface area contributed by atoms with E-state index in [1.165, 1.54) is 17.9 Å². The third-order valence-electron chi connectivity index (χ3n) is 6.65. The summed E-state index contributed by atoms with van der Waals surface area (Å²) in [4.78, 5) is 24.0. The second-order valence-electron chi connectivity index (χ2n) is 8.34. The van der Waals surface area contributed by atoms with E-state index in [0.29, 0.717) is 0 Å². The van der Waals surface area contributed by atoms with Gasteiger partial charge in [-0.15, -0.1) is 24.0 Å². The zero-order chi connectivity index (χ0) is 20.1. The number of hydrogen-bond donors (Lipinski definition) is 1. The van der Waals surface area contributed by atoms with Crippen LogP contribution in [0.25, 0.3) is 0 Å². The SMILES string of the molecule is CN=C(NCC1(N2CCOCC2)CCSC1)N1CCN(C(=O)C2CCCO2)CC1.I. The van der Waals surface area contributed by atoms with Crippen LogP contribution in [0.1, 0.15) is 19.3 Å². The number of nitrogens with zero attached hydrogens (tertiary/aromatic N) is 4. The number of amides is 1. The molecular formula is C20H36IN5O3S. The van der Waals surface area contributed by atoms with E-state index in [-0.39, 0.29) is 41.5 Å². The molecule has 4 fully saturated rings. The van der Waals surface area contributed by atoms with E-state index in [4.69, 9.17) is 9.47 Å². The number of hydrogen-bond acceptors (Lipinski definition) is 6.